The van der Waals surface area contributed by atoms with Gasteiger partial charge in [0.15, 0.2) is 0 Å². The molecule has 0 aliphatic carbocycles. The van der Waals surface area contributed by atoms with Gasteiger partial charge in [0.1, 0.15) is 66.5 Å². The Labute approximate surface area is 493 Å². The van der Waals surface area contributed by atoms with Crippen LogP contribution in [-0.2, 0) is 59.2 Å². The number of carbonyl (C=O) groups is 11. The third-order valence-corrected chi connectivity index (χ3v) is 15.9. The summed E-state index contributed by atoms with van der Waals surface area (Å²) in [6.45, 7) is 25.2. The molecule has 1 aliphatic heterocycles. The first-order valence-corrected chi connectivity index (χ1v) is 29.3. The third-order valence-electron chi connectivity index (χ3n) is 15.9. The van der Waals surface area contributed by atoms with Crippen molar-refractivity contribution in [2.24, 2.45) is 29.6 Å². The lowest BCUT2D eigenvalue weighted by Gasteiger charge is -2.38. The summed E-state index contributed by atoms with van der Waals surface area (Å²) >= 11 is 0. The van der Waals surface area contributed by atoms with E-state index in [1.165, 1.54) is 96.5 Å². The van der Waals surface area contributed by atoms with Crippen LogP contribution in [0, 0.1) is 29.6 Å². The summed E-state index contributed by atoms with van der Waals surface area (Å²) in [6.07, 6.45) is -0.825. The zero-order chi connectivity index (χ0) is 63.8. The van der Waals surface area contributed by atoms with E-state index in [1.807, 2.05) is 48.5 Å². The molecule has 1 aromatic rings. The van der Waals surface area contributed by atoms with Gasteiger partial charge in [0, 0.05) is 48.7 Å². The van der Waals surface area contributed by atoms with E-state index >= 15 is 0 Å². The molecule has 13 atom stereocenters. The molecule has 0 spiro atoms. The number of rotatable bonds is 12. The molecule has 1 saturated heterocycles. The molecular formula is C60H101N11O12. The Morgan fingerprint density at radius 2 is 0.843 bits per heavy atom. The Hall–Kier alpha value is -6.65. The number of carbonyl (C=O) groups excluding carboxylic acids is 11. The van der Waals surface area contributed by atoms with Crippen molar-refractivity contribution >= 4 is 65.0 Å². The van der Waals surface area contributed by atoms with Gasteiger partial charge >= 0.3 is 0 Å². The molecule has 0 aromatic heterocycles. The van der Waals surface area contributed by atoms with Gasteiger partial charge in [0.25, 0.3) is 0 Å². The predicted molar refractivity (Wildman–Crippen MR) is 316 cm³/mol. The summed E-state index contributed by atoms with van der Waals surface area (Å²) in [5, 5.41) is 24.7. The Morgan fingerprint density at radius 3 is 1.30 bits per heavy atom. The topological polar surface area (TPSA) is 288 Å². The largest absolute Gasteiger partial charge is 0.391 e. The quantitative estimate of drug-likeness (QED) is 0.175. The van der Waals surface area contributed by atoms with E-state index in [2.05, 4.69) is 26.6 Å². The van der Waals surface area contributed by atoms with Gasteiger partial charge in [-0.2, -0.15) is 0 Å². The second-order valence-corrected chi connectivity index (χ2v) is 24.5. The van der Waals surface area contributed by atoms with E-state index in [0.717, 1.165) is 9.80 Å². The van der Waals surface area contributed by atoms with Crippen molar-refractivity contribution in [3.63, 3.8) is 0 Å². The van der Waals surface area contributed by atoms with E-state index in [-0.39, 0.29) is 43.4 Å². The zero-order valence-electron chi connectivity index (χ0n) is 53.4. The summed E-state index contributed by atoms with van der Waals surface area (Å²) < 4.78 is 0. The zero-order valence-corrected chi connectivity index (χ0v) is 53.4. The van der Waals surface area contributed by atoms with Crippen molar-refractivity contribution in [2.45, 2.75) is 209 Å². The standard InChI is InChI=1S/C60H101N11O12/c1-22-36(10)47-53(76)62-37(11)55(78)67(17)40(14)57(80)70(20)46(30-34(6)7)59(82)68(18)44(28-32(2)3)52(75)65-48(41(15)72)54(77)63-43(31-42-26-24-23-25-27-42)58(81)66(16)39(13)50(73)61-38(12)56(79)71(21)49(35(8)9)60(83)69(19)45(29-33(4)5)51(74)64-47/h23-27,32-41,43-49,72H,22,28-31H2,1-21H3,(H,61,73)(H,62,76)(H,63,77)(H,64,74)(H,65,75)/t36-,37-,38-,39-,40-,41+,43?,44?,45-,46-,47-,48-,49-/m0/s1. The number of hydrogen-bond acceptors (Lipinski definition) is 12. The van der Waals surface area contributed by atoms with Gasteiger partial charge in [-0.3, -0.25) is 52.7 Å². The van der Waals surface area contributed by atoms with Crippen molar-refractivity contribution in [3.05, 3.63) is 35.9 Å². The van der Waals surface area contributed by atoms with Crippen LogP contribution in [0.15, 0.2) is 30.3 Å². The molecule has 1 aliphatic rings. The van der Waals surface area contributed by atoms with Crippen LogP contribution in [0.2, 0.25) is 0 Å². The van der Waals surface area contributed by atoms with Crippen LogP contribution in [-0.4, -0.2) is 214 Å². The van der Waals surface area contributed by atoms with Crippen LogP contribution in [0.25, 0.3) is 0 Å². The summed E-state index contributed by atoms with van der Waals surface area (Å²) in [4.78, 5) is 166. The minimum Gasteiger partial charge on any atom is -0.391 e. The highest BCUT2D eigenvalue weighted by molar-refractivity contribution is 6.00. The molecule has 2 unspecified atom stereocenters. The van der Waals surface area contributed by atoms with Gasteiger partial charge in [-0.1, -0.05) is 106 Å². The molecule has 0 radical (unpaired) electrons. The average molecular weight is 1170 g/mol. The van der Waals surface area contributed by atoms with E-state index in [9.17, 15) is 57.8 Å². The summed E-state index contributed by atoms with van der Waals surface area (Å²) in [6, 6.07) is -5.13. The van der Waals surface area contributed by atoms with Gasteiger partial charge in [-0.05, 0) is 89.0 Å². The molecule has 1 fully saturated rings. The van der Waals surface area contributed by atoms with Crippen molar-refractivity contribution in [2.75, 3.05) is 42.3 Å². The van der Waals surface area contributed by atoms with Crippen molar-refractivity contribution in [1.29, 1.82) is 0 Å². The molecule has 2 rings (SSSR count). The number of benzene rings is 1. The fourth-order valence-corrected chi connectivity index (χ4v) is 10.1. The summed E-state index contributed by atoms with van der Waals surface area (Å²) in [5.41, 5.74) is 0.618. The number of hydrogen-bond donors (Lipinski definition) is 6. The fraction of sp³-hybridized carbons (Fsp3) is 0.717. The van der Waals surface area contributed by atoms with E-state index < -0.39 is 149 Å². The van der Waals surface area contributed by atoms with Crippen LogP contribution >= 0.6 is 0 Å². The minimum atomic E-state index is -1.67. The van der Waals surface area contributed by atoms with E-state index in [1.54, 1.807) is 51.1 Å². The van der Waals surface area contributed by atoms with Gasteiger partial charge < -0.3 is 61.1 Å². The summed E-state index contributed by atoms with van der Waals surface area (Å²) in [5.74, 6) is -9.26. The van der Waals surface area contributed by atoms with Crippen molar-refractivity contribution in [1.82, 2.24) is 56.0 Å². The van der Waals surface area contributed by atoms with Gasteiger partial charge in [0.05, 0.1) is 6.10 Å². The van der Waals surface area contributed by atoms with Crippen molar-refractivity contribution < 1.29 is 57.8 Å². The molecule has 0 saturated carbocycles. The molecule has 23 nitrogen and oxygen atoms in total. The lowest BCUT2D eigenvalue weighted by Crippen LogP contribution is -2.62. The second kappa shape index (κ2) is 32.4. The van der Waals surface area contributed by atoms with Crippen LogP contribution in [0.4, 0.5) is 0 Å². The molecule has 1 heterocycles. The molecule has 11 amide bonds. The number of nitrogens with zero attached hydrogens (tertiary/aromatic N) is 6. The third kappa shape index (κ3) is 19.7. The first kappa shape index (κ1) is 72.5. The SMILES string of the molecule is CC[C@H](C)[C@@H]1NC(=O)[C@H](CC(C)C)N(C)C(=O)[C@H](C(C)C)N(C)C(=O)[C@H](C)NC(=O)[C@H](C)N(C)C(=O)C(Cc2ccccc2)NC(=O)[C@H]([C@@H](C)O)NC(=O)C(CC(C)C)N(C)C(=O)[C@H](CC(C)C)N(C)C(=O)[C@H](C)N(C)C(=O)[C@H](C)NC1=O. The molecule has 0 bridgehead atoms. The van der Waals surface area contributed by atoms with Crippen molar-refractivity contribution in [3.8, 4) is 0 Å². The molecule has 23 heteroatoms. The molecule has 1 aromatic carbocycles. The Morgan fingerprint density at radius 1 is 0.434 bits per heavy atom. The van der Waals surface area contributed by atoms with Gasteiger partial charge in [0.2, 0.25) is 65.0 Å². The second-order valence-electron chi connectivity index (χ2n) is 24.5. The molecule has 468 valence electrons. The maximum atomic E-state index is 14.8. The lowest BCUT2D eigenvalue weighted by molar-refractivity contribution is -0.152. The van der Waals surface area contributed by atoms with Gasteiger partial charge in [-0.15, -0.1) is 0 Å². The highest BCUT2D eigenvalue weighted by Gasteiger charge is 2.43. The number of aliphatic hydroxyl groups excluding tert-OH is 1. The summed E-state index contributed by atoms with van der Waals surface area (Å²) in [7, 11) is 8.43. The predicted octanol–water partition coefficient (Wildman–Crippen LogP) is 1.93. The van der Waals surface area contributed by atoms with Gasteiger partial charge in [-0.25, -0.2) is 0 Å². The Bertz CT molecular complexity index is 2420. The molecule has 83 heavy (non-hydrogen) atoms. The average Bonchev–Trinajstić information content (AvgIpc) is 3.45. The van der Waals surface area contributed by atoms with Crippen LogP contribution in [0.3, 0.4) is 0 Å². The van der Waals surface area contributed by atoms with Crippen LogP contribution in [0.5, 0.6) is 0 Å². The maximum Gasteiger partial charge on any atom is 0.246 e. The molecule has 6 N–H and O–H groups in total. The van der Waals surface area contributed by atoms with Crippen LogP contribution < -0.4 is 26.6 Å². The minimum absolute atomic E-state index is 0.0828. The first-order valence-electron chi connectivity index (χ1n) is 29.3. The fourth-order valence-electron chi connectivity index (χ4n) is 10.1. The van der Waals surface area contributed by atoms with Crippen LogP contribution in [0.1, 0.15) is 135 Å². The molecular weight excluding hydrogens is 1070 g/mol. The number of likely N-dealkylation sites (N-methyl/N-ethyl adjacent to an activating group) is 6. The number of amides is 11. The van der Waals surface area contributed by atoms with E-state index in [0.29, 0.717) is 12.0 Å². The Balaban J connectivity index is 2.90. The normalized spacial score (nSPS) is 27.7. The number of nitrogens with one attached hydrogen (secondary N) is 5. The highest BCUT2D eigenvalue weighted by Crippen LogP contribution is 2.23. The smallest absolute Gasteiger partial charge is 0.246 e. The number of aliphatic hydroxyl groups is 1. The lowest BCUT2D eigenvalue weighted by atomic mass is 9.95. The first-order chi connectivity index (χ1) is 38.4. The Kier molecular flexibility index (Phi) is 28.3. The van der Waals surface area contributed by atoms with E-state index in [4.69, 9.17) is 0 Å². The highest BCUT2D eigenvalue weighted by atomic mass is 16.3. The monoisotopic (exact) mass is 1170 g/mol. The maximum absolute atomic E-state index is 14.8.